The predicted octanol–water partition coefficient (Wildman–Crippen LogP) is 6.48. The van der Waals surface area contributed by atoms with Gasteiger partial charge in [-0.2, -0.15) is 0 Å². The van der Waals surface area contributed by atoms with Crippen molar-refractivity contribution >= 4 is 22.3 Å². The molecule has 33 heavy (non-hydrogen) atoms. The Hall–Kier alpha value is -3.11. The number of ether oxygens (including phenoxy) is 2. The summed E-state index contributed by atoms with van der Waals surface area (Å²) in [7, 11) is 1.66. The zero-order valence-electron chi connectivity index (χ0n) is 20.0. The summed E-state index contributed by atoms with van der Waals surface area (Å²) in [5, 5.41) is 2.14. The molecule has 4 nitrogen and oxygen atoms in total. The van der Waals surface area contributed by atoms with Crippen LogP contribution in [0.15, 0.2) is 66.2 Å². The van der Waals surface area contributed by atoms with Gasteiger partial charge in [0, 0.05) is 6.54 Å². The van der Waals surface area contributed by atoms with E-state index in [1.54, 1.807) is 7.11 Å². The second-order valence-electron chi connectivity index (χ2n) is 9.54. The standard InChI is InChI=1S/C29H33NO3/c1-19(20-10-11-22-16-24(32-4)13-12-21(22)15-20)28(31)33-25-8-5-7-23(17-25)26-9-6-14-29(2,3)27(26)18-30/h5,7-8,10-13,15-17,19H,6,9,14,18,30H2,1-4H3. The number of hydrogen-bond acceptors (Lipinski definition) is 4. The van der Waals surface area contributed by atoms with Crippen LogP contribution in [0.4, 0.5) is 0 Å². The molecule has 3 aromatic rings. The van der Waals surface area contributed by atoms with Gasteiger partial charge in [0.05, 0.1) is 13.0 Å². The van der Waals surface area contributed by atoms with Crippen molar-refractivity contribution in [2.75, 3.05) is 13.7 Å². The SMILES string of the molecule is COc1ccc2cc(C(C)C(=O)Oc3cccc(C4=C(CN)C(C)(C)CCC4)c3)ccc2c1. The van der Waals surface area contributed by atoms with Crippen molar-refractivity contribution in [2.45, 2.75) is 46.0 Å². The zero-order valence-corrected chi connectivity index (χ0v) is 20.0. The molecule has 0 fully saturated rings. The fraction of sp³-hybridized carbons (Fsp3) is 0.345. The Balaban J connectivity index is 1.55. The molecule has 4 rings (SSSR count). The topological polar surface area (TPSA) is 61.5 Å². The first-order valence-electron chi connectivity index (χ1n) is 11.6. The molecule has 0 bridgehead atoms. The van der Waals surface area contributed by atoms with Crippen molar-refractivity contribution < 1.29 is 14.3 Å². The first-order valence-corrected chi connectivity index (χ1v) is 11.6. The number of benzene rings is 3. The van der Waals surface area contributed by atoms with E-state index >= 15 is 0 Å². The Bertz CT molecular complexity index is 1210. The van der Waals surface area contributed by atoms with Crippen molar-refractivity contribution in [3.8, 4) is 11.5 Å². The smallest absolute Gasteiger partial charge is 0.318 e. The van der Waals surface area contributed by atoms with Crippen LogP contribution in [0.5, 0.6) is 11.5 Å². The molecule has 4 heteroatoms. The Morgan fingerprint density at radius 1 is 1.03 bits per heavy atom. The van der Waals surface area contributed by atoms with E-state index in [-0.39, 0.29) is 17.3 Å². The van der Waals surface area contributed by atoms with Crippen molar-refractivity contribution in [3.05, 3.63) is 77.4 Å². The highest BCUT2D eigenvalue weighted by Crippen LogP contribution is 2.43. The van der Waals surface area contributed by atoms with E-state index in [0.29, 0.717) is 12.3 Å². The highest BCUT2D eigenvalue weighted by Gasteiger charge is 2.29. The minimum absolute atomic E-state index is 0.101. The predicted molar refractivity (Wildman–Crippen MR) is 135 cm³/mol. The van der Waals surface area contributed by atoms with Gasteiger partial charge < -0.3 is 15.2 Å². The lowest BCUT2D eigenvalue weighted by atomic mass is 9.71. The zero-order chi connectivity index (χ0) is 23.6. The van der Waals surface area contributed by atoms with Gasteiger partial charge in [-0.3, -0.25) is 4.79 Å². The number of nitrogens with two attached hydrogens (primary N) is 1. The average molecular weight is 444 g/mol. The van der Waals surface area contributed by atoms with E-state index in [1.807, 2.05) is 61.5 Å². The molecular weight excluding hydrogens is 410 g/mol. The van der Waals surface area contributed by atoms with Gasteiger partial charge in [-0.05, 0) is 88.9 Å². The minimum atomic E-state index is -0.382. The van der Waals surface area contributed by atoms with Crippen molar-refractivity contribution in [3.63, 3.8) is 0 Å². The van der Waals surface area contributed by atoms with Crippen LogP contribution in [0.2, 0.25) is 0 Å². The van der Waals surface area contributed by atoms with Crippen molar-refractivity contribution in [1.82, 2.24) is 0 Å². The van der Waals surface area contributed by atoms with Crippen molar-refractivity contribution in [1.29, 1.82) is 0 Å². The van der Waals surface area contributed by atoms with Crippen LogP contribution in [0.25, 0.3) is 16.3 Å². The number of hydrogen-bond donors (Lipinski definition) is 1. The molecule has 0 saturated carbocycles. The van der Waals surface area contributed by atoms with E-state index in [1.165, 1.54) is 11.1 Å². The fourth-order valence-corrected chi connectivity index (χ4v) is 4.86. The number of methoxy groups -OCH3 is 1. The van der Waals surface area contributed by atoms with Gasteiger partial charge in [-0.25, -0.2) is 0 Å². The molecule has 3 aromatic carbocycles. The van der Waals surface area contributed by atoms with Crippen molar-refractivity contribution in [2.24, 2.45) is 11.1 Å². The minimum Gasteiger partial charge on any atom is -0.497 e. The first-order chi connectivity index (χ1) is 15.8. The van der Waals surface area contributed by atoms with Crippen LogP contribution in [0, 0.1) is 5.41 Å². The summed E-state index contributed by atoms with van der Waals surface area (Å²) in [6.07, 6.45) is 3.29. The van der Waals surface area contributed by atoms with Crippen LogP contribution in [-0.2, 0) is 4.79 Å². The molecule has 2 N–H and O–H groups in total. The molecule has 0 aromatic heterocycles. The van der Waals surface area contributed by atoms with E-state index in [0.717, 1.165) is 46.9 Å². The molecule has 0 saturated heterocycles. The Labute approximate surface area is 196 Å². The maximum atomic E-state index is 13.0. The Morgan fingerprint density at radius 2 is 1.79 bits per heavy atom. The van der Waals surface area contributed by atoms with E-state index in [2.05, 4.69) is 19.9 Å². The number of carbonyl (C=O) groups is 1. The van der Waals surface area contributed by atoms with E-state index in [4.69, 9.17) is 15.2 Å². The van der Waals surface area contributed by atoms with Gasteiger partial charge in [0.25, 0.3) is 0 Å². The molecule has 1 aliphatic rings. The molecule has 0 radical (unpaired) electrons. The number of esters is 1. The number of allylic oxidation sites excluding steroid dienone is 1. The number of carbonyl (C=O) groups excluding carboxylic acids is 1. The lowest BCUT2D eigenvalue weighted by Crippen LogP contribution is -2.26. The molecule has 1 aliphatic carbocycles. The third-order valence-corrected chi connectivity index (χ3v) is 6.94. The highest BCUT2D eigenvalue weighted by atomic mass is 16.5. The Kier molecular flexibility index (Phi) is 6.57. The van der Waals surface area contributed by atoms with Gasteiger partial charge in [0.1, 0.15) is 11.5 Å². The van der Waals surface area contributed by atoms with Crippen LogP contribution >= 0.6 is 0 Å². The summed E-state index contributed by atoms with van der Waals surface area (Å²) in [6, 6.07) is 19.8. The highest BCUT2D eigenvalue weighted by molar-refractivity contribution is 5.87. The van der Waals surface area contributed by atoms with Gasteiger partial charge in [-0.15, -0.1) is 0 Å². The normalized spacial score (nSPS) is 16.5. The van der Waals surface area contributed by atoms with E-state index in [9.17, 15) is 4.79 Å². The summed E-state index contributed by atoms with van der Waals surface area (Å²) in [5.74, 6) is 0.739. The maximum absolute atomic E-state index is 13.0. The summed E-state index contributed by atoms with van der Waals surface area (Å²) in [4.78, 5) is 13.0. The molecule has 172 valence electrons. The molecule has 0 spiro atoms. The average Bonchev–Trinajstić information content (AvgIpc) is 2.82. The maximum Gasteiger partial charge on any atom is 0.318 e. The summed E-state index contributed by atoms with van der Waals surface area (Å²) in [5.41, 5.74) is 10.9. The summed E-state index contributed by atoms with van der Waals surface area (Å²) in [6.45, 7) is 6.96. The quantitative estimate of drug-likeness (QED) is 0.350. The van der Waals surface area contributed by atoms with Gasteiger partial charge in [0.15, 0.2) is 0 Å². The molecule has 1 unspecified atom stereocenters. The van der Waals surface area contributed by atoms with Gasteiger partial charge >= 0.3 is 5.97 Å². The molecule has 1 atom stereocenters. The van der Waals surface area contributed by atoms with Crippen LogP contribution in [0.3, 0.4) is 0 Å². The number of rotatable bonds is 6. The molecule has 0 heterocycles. The first kappa shape index (κ1) is 23.1. The lowest BCUT2D eigenvalue weighted by Gasteiger charge is -2.35. The molecule has 0 aliphatic heterocycles. The second-order valence-corrected chi connectivity index (χ2v) is 9.54. The van der Waals surface area contributed by atoms with Crippen LogP contribution < -0.4 is 15.2 Å². The lowest BCUT2D eigenvalue weighted by molar-refractivity contribution is -0.135. The van der Waals surface area contributed by atoms with Crippen LogP contribution in [0.1, 0.15) is 57.1 Å². The summed E-state index contributed by atoms with van der Waals surface area (Å²) >= 11 is 0. The largest absolute Gasteiger partial charge is 0.497 e. The van der Waals surface area contributed by atoms with Crippen LogP contribution in [-0.4, -0.2) is 19.6 Å². The number of fused-ring (bicyclic) bond motifs is 1. The van der Waals surface area contributed by atoms with Gasteiger partial charge in [0.2, 0.25) is 0 Å². The molecular formula is C29H33NO3. The van der Waals surface area contributed by atoms with E-state index < -0.39 is 0 Å². The molecule has 0 amide bonds. The second kappa shape index (κ2) is 9.40. The van der Waals surface area contributed by atoms with Gasteiger partial charge in [-0.1, -0.05) is 50.2 Å². The Morgan fingerprint density at radius 3 is 2.55 bits per heavy atom. The summed E-state index contributed by atoms with van der Waals surface area (Å²) < 4.78 is 11.1. The third kappa shape index (κ3) is 4.81. The fourth-order valence-electron chi connectivity index (χ4n) is 4.86. The third-order valence-electron chi connectivity index (χ3n) is 6.94. The monoisotopic (exact) mass is 443 g/mol.